The van der Waals surface area contributed by atoms with E-state index in [4.69, 9.17) is 19.2 Å². The number of hydrogen-bond donors (Lipinski definition) is 3. The van der Waals surface area contributed by atoms with Gasteiger partial charge in [-0.15, -0.1) is 0 Å². The summed E-state index contributed by atoms with van der Waals surface area (Å²) in [6, 6.07) is 21.2. The van der Waals surface area contributed by atoms with Crippen LogP contribution in [0.5, 0.6) is 11.5 Å². The Labute approximate surface area is 372 Å². The lowest BCUT2D eigenvalue weighted by Gasteiger charge is -2.29. The molecule has 1 aromatic heterocycles. The van der Waals surface area contributed by atoms with Gasteiger partial charge in [-0.3, -0.25) is 19.2 Å². The van der Waals surface area contributed by atoms with Crippen LogP contribution in [0.3, 0.4) is 0 Å². The van der Waals surface area contributed by atoms with Gasteiger partial charge in [0.05, 0.1) is 35.2 Å². The van der Waals surface area contributed by atoms with Crippen LogP contribution in [0.2, 0.25) is 0 Å². The summed E-state index contributed by atoms with van der Waals surface area (Å²) in [5.41, 5.74) is 0.131. The fraction of sp³-hybridized carbons (Fsp3) is 0.340. The molecule has 0 spiro atoms. The molecule has 1 aliphatic heterocycles. The molecular formula is C47H52N6O10S. The second-order valence-corrected chi connectivity index (χ2v) is 18.3. The van der Waals surface area contributed by atoms with Crippen molar-refractivity contribution in [2.45, 2.75) is 82.1 Å². The molecule has 4 atom stereocenters. The predicted octanol–water partition coefficient (Wildman–Crippen LogP) is 5.67. The number of ether oxygens (including phenoxy) is 3. The van der Waals surface area contributed by atoms with Crippen LogP contribution < -0.4 is 24.8 Å². The fourth-order valence-electron chi connectivity index (χ4n) is 7.50. The Morgan fingerprint density at radius 1 is 1.02 bits per heavy atom. The number of amides is 5. The number of carbonyl (C=O) groups is 5. The van der Waals surface area contributed by atoms with Crippen LogP contribution in [-0.4, -0.2) is 98.2 Å². The van der Waals surface area contributed by atoms with Gasteiger partial charge in [-0.05, 0) is 77.3 Å². The van der Waals surface area contributed by atoms with Crippen LogP contribution in [-0.2, 0) is 33.9 Å². The molecule has 2 fully saturated rings. The van der Waals surface area contributed by atoms with Crippen molar-refractivity contribution < 1.29 is 46.6 Å². The number of nitrogens with zero attached hydrogens (tertiary/aromatic N) is 3. The molecule has 0 bridgehead atoms. The molecule has 2 aliphatic rings. The lowest BCUT2D eigenvalue weighted by Crippen LogP contribution is -2.56. The van der Waals surface area contributed by atoms with Crippen molar-refractivity contribution in [2.75, 3.05) is 20.2 Å². The summed E-state index contributed by atoms with van der Waals surface area (Å²) in [6.45, 7) is 10.1. The minimum atomic E-state index is -4.29. The van der Waals surface area contributed by atoms with E-state index in [1.54, 1.807) is 65.1 Å². The molecule has 1 saturated heterocycles. The van der Waals surface area contributed by atoms with E-state index in [9.17, 15) is 32.4 Å². The first kappa shape index (κ1) is 46.6. The largest absolute Gasteiger partial charge is 0.497 e. The van der Waals surface area contributed by atoms with Gasteiger partial charge < -0.3 is 29.7 Å². The van der Waals surface area contributed by atoms with Crippen molar-refractivity contribution >= 4 is 56.9 Å². The lowest BCUT2D eigenvalue weighted by atomic mass is 9.86. The van der Waals surface area contributed by atoms with Crippen molar-refractivity contribution in [3.05, 3.63) is 109 Å². The highest BCUT2D eigenvalue weighted by molar-refractivity contribution is 7.90. The summed E-state index contributed by atoms with van der Waals surface area (Å²) >= 11 is 0. The second-order valence-electron chi connectivity index (χ2n) is 16.6. The molecule has 336 valence electrons. The summed E-state index contributed by atoms with van der Waals surface area (Å²) < 4.78 is 46.2. The number of aromatic nitrogens is 1. The molecule has 3 aromatic carbocycles. The van der Waals surface area contributed by atoms with Gasteiger partial charge in [0.1, 0.15) is 35.3 Å². The SMILES string of the molecule is C=C1CC[C@@](C=NC(=O)[C@@H]2C[C@@H](Oc3cc(-c4ccccc4)nc4cc(OC)ccc34)CN2C(=O)[C@@H](CNC(=O)/C=C/C)NC(=O)OC(C)(C)C)(C(=O)NS(=O)(=O)c2ccccc2)C1. The van der Waals surface area contributed by atoms with Crippen molar-refractivity contribution in [3.8, 4) is 22.8 Å². The molecule has 1 saturated carbocycles. The number of rotatable bonds is 14. The number of fused-ring (bicyclic) bond motifs is 1. The molecule has 2 heterocycles. The third-order valence-electron chi connectivity index (χ3n) is 10.6. The lowest BCUT2D eigenvalue weighted by molar-refractivity contribution is -0.139. The van der Waals surface area contributed by atoms with Crippen LogP contribution in [0.15, 0.2) is 119 Å². The highest BCUT2D eigenvalue weighted by Gasteiger charge is 2.46. The minimum absolute atomic E-state index is 0.0242. The number of likely N-dealkylation sites (tertiary alicyclic amines) is 1. The zero-order chi connectivity index (χ0) is 46.2. The van der Waals surface area contributed by atoms with Gasteiger partial charge in [-0.1, -0.05) is 66.8 Å². The Bertz CT molecular complexity index is 2590. The number of pyridine rings is 1. The van der Waals surface area contributed by atoms with Gasteiger partial charge in [0, 0.05) is 42.3 Å². The third-order valence-corrected chi connectivity index (χ3v) is 12.0. The number of carbonyl (C=O) groups excluding carboxylic acids is 5. The number of sulfonamides is 1. The van der Waals surface area contributed by atoms with Gasteiger partial charge in [0.15, 0.2) is 0 Å². The standard InChI is InChI=1S/C47H52N6O10S/c1-7-14-41(54)48-27-38(51-45(58)63-46(3,4)5)43(56)53-28-33(62-40-25-36(31-15-10-8-11-16-31)50-37-23-32(61-6)19-20-35(37)40)24-39(53)42(55)49-29-47(22-21-30(2)26-47)44(57)52-64(59,60)34-17-12-9-13-18-34/h7-20,23,25,29,33,38-39H,2,21-22,24,26-28H2,1,3-6H3,(H,48,54)(H,51,58)(H,52,57)/b14-7+,49-29?/t33-,38-,39+,47-/m1/s1. The van der Waals surface area contributed by atoms with Crippen LogP contribution in [0.1, 0.15) is 53.4 Å². The van der Waals surface area contributed by atoms with E-state index >= 15 is 0 Å². The summed E-state index contributed by atoms with van der Waals surface area (Å²) in [7, 11) is -2.74. The van der Waals surface area contributed by atoms with E-state index in [1.165, 1.54) is 41.3 Å². The van der Waals surface area contributed by atoms with Gasteiger partial charge >= 0.3 is 6.09 Å². The van der Waals surface area contributed by atoms with Crippen molar-refractivity contribution in [3.63, 3.8) is 0 Å². The third kappa shape index (κ3) is 11.4. The van der Waals surface area contributed by atoms with E-state index < -0.39 is 68.9 Å². The number of benzene rings is 3. The Kier molecular flexibility index (Phi) is 14.3. The van der Waals surface area contributed by atoms with Gasteiger partial charge in [0.2, 0.25) is 17.7 Å². The number of aliphatic imine (C=N–C) groups is 1. The number of methoxy groups -OCH3 is 1. The first-order valence-electron chi connectivity index (χ1n) is 20.7. The zero-order valence-corrected chi connectivity index (χ0v) is 37.1. The average Bonchev–Trinajstić information content (AvgIpc) is 3.87. The molecule has 1 aliphatic carbocycles. The van der Waals surface area contributed by atoms with E-state index in [-0.39, 0.29) is 37.2 Å². The van der Waals surface area contributed by atoms with Crippen LogP contribution in [0, 0.1) is 5.41 Å². The van der Waals surface area contributed by atoms with Gasteiger partial charge in [-0.25, -0.2) is 27.9 Å². The first-order valence-corrected chi connectivity index (χ1v) is 22.2. The predicted molar refractivity (Wildman–Crippen MR) is 240 cm³/mol. The van der Waals surface area contributed by atoms with Gasteiger partial charge in [-0.2, -0.15) is 0 Å². The molecule has 17 heteroatoms. The molecule has 0 unspecified atom stereocenters. The molecule has 0 radical (unpaired) electrons. The number of allylic oxidation sites excluding steroid dienone is 2. The fourth-order valence-corrected chi connectivity index (χ4v) is 8.58. The smallest absolute Gasteiger partial charge is 0.408 e. The molecule has 64 heavy (non-hydrogen) atoms. The van der Waals surface area contributed by atoms with Crippen LogP contribution in [0.25, 0.3) is 22.2 Å². The van der Waals surface area contributed by atoms with Gasteiger partial charge in [0.25, 0.3) is 15.9 Å². The molecular weight excluding hydrogens is 841 g/mol. The molecule has 6 rings (SSSR count). The summed E-state index contributed by atoms with van der Waals surface area (Å²) in [4.78, 5) is 78.9. The normalized spacial score (nSPS) is 19.4. The van der Waals surface area contributed by atoms with Crippen molar-refractivity contribution in [2.24, 2.45) is 10.4 Å². The number of nitrogens with one attached hydrogen (secondary N) is 3. The van der Waals surface area contributed by atoms with E-state index in [1.807, 2.05) is 30.3 Å². The van der Waals surface area contributed by atoms with Crippen molar-refractivity contribution in [1.82, 2.24) is 25.2 Å². The maximum Gasteiger partial charge on any atom is 0.408 e. The molecule has 3 N–H and O–H groups in total. The Balaban J connectivity index is 1.36. The van der Waals surface area contributed by atoms with Crippen LogP contribution >= 0.6 is 0 Å². The van der Waals surface area contributed by atoms with E-state index in [0.717, 1.165) is 11.8 Å². The number of alkyl carbamates (subject to hydrolysis) is 1. The molecule has 5 amide bonds. The zero-order valence-electron chi connectivity index (χ0n) is 36.3. The second kappa shape index (κ2) is 19.7. The van der Waals surface area contributed by atoms with Crippen LogP contribution in [0.4, 0.5) is 4.79 Å². The molecule has 4 aromatic rings. The monoisotopic (exact) mass is 892 g/mol. The highest BCUT2D eigenvalue weighted by atomic mass is 32.2. The van der Waals surface area contributed by atoms with Crippen molar-refractivity contribution in [1.29, 1.82) is 0 Å². The molecule has 16 nitrogen and oxygen atoms in total. The Morgan fingerprint density at radius 2 is 1.72 bits per heavy atom. The maximum absolute atomic E-state index is 14.7. The minimum Gasteiger partial charge on any atom is -0.497 e. The Morgan fingerprint density at radius 3 is 2.36 bits per heavy atom. The summed E-state index contributed by atoms with van der Waals surface area (Å²) in [5.74, 6) is -2.03. The quantitative estimate of drug-likeness (QED) is 0.0797. The first-order chi connectivity index (χ1) is 30.4. The number of hydrogen-bond acceptors (Lipinski definition) is 11. The highest BCUT2D eigenvalue weighted by Crippen LogP contribution is 2.40. The van der Waals surface area contributed by atoms with E-state index in [0.29, 0.717) is 40.1 Å². The Hall–Kier alpha value is -6.88. The summed E-state index contributed by atoms with van der Waals surface area (Å²) in [6.07, 6.45) is 2.57. The van der Waals surface area contributed by atoms with E-state index in [2.05, 4.69) is 26.9 Å². The topological polar surface area (TPSA) is 212 Å². The summed E-state index contributed by atoms with van der Waals surface area (Å²) in [5, 5.41) is 5.78. The maximum atomic E-state index is 14.7. The average molecular weight is 893 g/mol.